The van der Waals surface area contributed by atoms with Crippen molar-refractivity contribution in [3.05, 3.63) is 29.3 Å². The molecule has 0 aliphatic carbocycles. The van der Waals surface area contributed by atoms with E-state index in [1.807, 2.05) is 25.1 Å². The molecule has 0 atom stereocenters. The number of carbonyl (C=O) groups excluding carboxylic acids is 1. The van der Waals surface area contributed by atoms with Gasteiger partial charge in [0, 0.05) is 5.69 Å². The smallest absolute Gasteiger partial charge is 0.238 e. The predicted molar refractivity (Wildman–Crippen MR) is 76.9 cm³/mol. The number of carbonyl (C=O) groups is 1. The van der Waals surface area contributed by atoms with Crippen molar-refractivity contribution in [1.29, 1.82) is 0 Å². The van der Waals surface area contributed by atoms with Gasteiger partial charge >= 0.3 is 0 Å². The molecule has 0 fully saturated rings. The first-order valence-electron chi connectivity index (χ1n) is 6.57. The summed E-state index contributed by atoms with van der Waals surface area (Å²) in [6.45, 7) is 9.73. The van der Waals surface area contributed by atoms with E-state index >= 15 is 0 Å². The summed E-state index contributed by atoms with van der Waals surface area (Å²) in [5, 5.41) is 6.05. The predicted octanol–water partition coefficient (Wildman–Crippen LogP) is 2.88. The van der Waals surface area contributed by atoms with Crippen LogP contribution in [0.5, 0.6) is 0 Å². The van der Waals surface area contributed by atoms with Gasteiger partial charge in [-0.3, -0.25) is 4.79 Å². The zero-order valence-corrected chi connectivity index (χ0v) is 11.8. The van der Waals surface area contributed by atoms with Gasteiger partial charge in [0.05, 0.1) is 6.54 Å². The molecule has 1 amide bonds. The third kappa shape index (κ3) is 5.32. The molecule has 100 valence electrons. The Kier molecular flexibility index (Phi) is 5.86. The molecule has 0 bridgehead atoms. The van der Waals surface area contributed by atoms with E-state index in [-0.39, 0.29) is 5.91 Å². The molecule has 1 aromatic rings. The van der Waals surface area contributed by atoms with E-state index in [1.165, 1.54) is 11.1 Å². The van der Waals surface area contributed by atoms with Crippen LogP contribution in [0, 0.1) is 19.8 Å². The molecule has 0 saturated heterocycles. The van der Waals surface area contributed by atoms with Gasteiger partial charge in [-0.2, -0.15) is 0 Å². The Bertz CT molecular complexity index is 399. The first-order valence-corrected chi connectivity index (χ1v) is 6.57. The average molecular weight is 248 g/mol. The second kappa shape index (κ2) is 7.17. The van der Waals surface area contributed by atoms with Gasteiger partial charge in [0.1, 0.15) is 0 Å². The quantitative estimate of drug-likeness (QED) is 0.760. The summed E-state index contributed by atoms with van der Waals surface area (Å²) in [6.07, 6.45) is 1.09. The van der Waals surface area contributed by atoms with Crippen LogP contribution in [-0.2, 0) is 4.79 Å². The maximum Gasteiger partial charge on any atom is 0.238 e. The number of benzene rings is 1. The number of amides is 1. The van der Waals surface area contributed by atoms with Crippen LogP contribution in [0.3, 0.4) is 0 Å². The summed E-state index contributed by atoms with van der Waals surface area (Å²) in [5.74, 6) is 0.683. The Balaban J connectivity index is 2.33. The number of aryl methyl sites for hydroxylation is 2. The van der Waals surface area contributed by atoms with Crippen LogP contribution < -0.4 is 10.6 Å². The average Bonchev–Trinajstić information content (AvgIpc) is 2.29. The standard InChI is InChI=1S/C15H24N2O/c1-11(2)7-8-16-10-15(18)17-14-6-5-12(3)13(4)9-14/h5-6,9,11,16H,7-8,10H2,1-4H3,(H,17,18). The van der Waals surface area contributed by atoms with E-state index in [0.717, 1.165) is 18.7 Å². The van der Waals surface area contributed by atoms with Crippen molar-refractivity contribution in [3.63, 3.8) is 0 Å². The molecule has 0 saturated carbocycles. The van der Waals surface area contributed by atoms with E-state index in [2.05, 4.69) is 31.4 Å². The van der Waals surface area contributed by atoms with Crippen molar-refractivity contribution >= 4 is 11.6 Å². The molecule has 0 heterocycles. The lowest BCUT2D eigenvalue weighted by Crippen LogP contribution is -2.29. The summed E-state index contributed by atoms with van der Waals surface area (Å²) in [5.41, 5.74) is 3.30. The SMILES string of the molecule is Cc1ccc(NC(=O)CNCCC(C)C)cc1C. The van der Waals surface area contributed by atoms with Gasteiger partial charge in [-0.15, -0.1) is 0 Å². The zero-order chi connectivity index (χ0) is 13.5. The summed E-state index contributed by atoms with van der Waals surface area (Å²) in [6, 6.07) is 5.97. The topological polar surface area (TPSA) is 41.1 Å². The van der Waals surface area contributed by atoms with Gasteiger partial charge in [-0.25, -0.2) is 0 Å². The van der Waals surface area contributed by atoms with Crippen molar-refractivity contribution in [3.8, 4) is 0 Å². The van der Waals surface area contributed by atoms with Crippen LogP contribution in [0.2, 0.25) is 0 Å². The molecule has 18 heavy (non-hydrogen) atoms. The number of anilines is 1. The summed E-state index contributed by atoms with van der Waals surface area (Å²) in [7, 11) is 0. The molecule has 3 heteroatoms. The van der Waals surface area contributed by atoms with Crippen molar-refractivity contribution < 1.29 is 4.79 Å². The van der Waals surface area contributed by atoms with Gasteiger partial charge in [-0.05, 0) is 56.0 Å². The molecule has 0 aromatic heterocycles. The number of hydrogen-bond donors (Lipinski definition) is 2. The minimum atomic E-state index is 0.0157. The minimum absolute atomic E-state index is 0.0157. The second-order valence-corrected chi connectivity index (χ2v) is 5.21. The van der Waals surface area contributed by atoms with Crippen LogP contribution in [-0.4, -0.2) is 19.0 Å². The van der Waals surface area contributed by atoms with Gasteiger partial charge in [0.15, 0.2) is 0 Å². The molecule has 0 unspecified atom stereocenters. The fraction of sp³-hybridized carbons (Fsp3) is 0.533. The van der Waals surface area contributed by atoms with Crippen LogP contribution in [0.4, 0.5) is 5.69 Å². The first kappa shape index (κ1) is 14.7. The Morgan fingerprint density at radius 2 is 1.94 bits per heavy atom. The number of hydrogen-bond acceptors (Lipinski definition) is 2. The van der Waals surface area contributed by atoms with E-state index in [0.29, 0.717) is 12.5 Å². The second-order valence-electron chi connectivity index (χ2n) is 5.21. The van der Waals surface area contributed by atoms with Crippen molar-refractivity contribution in [1.82, 2.24) is 5.32 Å². The molecule has 3 nitrogen and oxygen atoms in total. The third-order valence-electron chi connectivity index (χ3n) is 2.97. The molecule has 2 N–H and O–H groups in total. The third-order valence-corrected chi connectivity index (χ3v) is 2.97. The van der Waals surface area contributed by atoms with E-state index in [1.54, 1.807) is 0 Å². The molecule has 0 aliphatic rings. The molecule has 0 aliphatic heterocycles. The van der Waals surface area contributed by atoms with Crippen molar-refractivity contribution in [2.75, 3.05) is 18.4 Å². The van der Waals surface area contributed by atoms with Crippen LogP contribution >= 0.6 is 0 Å². The highest BCUT2D eigenvalue weighted by Crippen LogP contribution is 2.13. The lowest BCUT2D eigenvalue weighted by molar-refractivity contribution is -0.115. The summed E-state index contributed by atoms with van der Waals surface area (Å²) >= 11 is 0. The Morgan fingerprint density at radius 1 is 1.22 bits per heavy atom. The van der Waals surface area contributed by atoms with Gasteiger partial charge < -0.3 is 10.6 Å². The van der Waals surface area contributed by atoms with Crippen molar-refractivity contribution in [2.24, 2.45) is 5.92 Å². The van der Waals surface area contributed by atoms with Crippen molar-refractivity contribution in [2.45, 2.75) is 34.1 Å². The lowest BCUT2D eigenvalue weighted by atomic mass is 10.1. The normalized spacial score (nSPS) is 10.7. The monoisotopic (exact) mass is 248 g/mol. The van der Waals surface area contributed by atoms with Crippen LogP contribution in [0.25, 0.3) is 0 Å². The molecule has 0 radical (unpaired) electrons. The Hall–Kier alpha value is -1.35. The first-order chi connectivity index (χ1) is 8.49. The van der Waals surface area contributed by atoms with E-state index < -0.39 is 0 Å². The molecule has 1 rings (SSSR count). The summed E-state index contributed by atoms with van der Waals surface area (Å²) < 4.78 is 0. The zero-order valence-electron chi connectivity index (χ0n) is 11.8. The van der Waals surface area contributed by atoms with E-state index in [9.17, 15) is 4.79 Å². The fourth-order valence-electron chi connectivity index (χ4n) is 1.62. The number of rotatable bonds is 6. The molecular weight excluding hydrogens is 224 g/mol. The highest BCUT2D eigenvalue weighted by atomic mass is 16.1. The minimum Gasteiger partial charge on any atom is -0.325 e. The maximum atomic E-state index is 11.7. The lowest BCUT2D eigenvalue weighted by Gasteiger charge is -2.09. The van der Waals surface area contributed by atoms with Crippen LogP contribution in [0.1, 0.15) is 31.4 Å². The van der Waals surface area contributed by atoms with Crippen LogP contribution in [0.15, 0.2) is 18.2 Å². The summed E-state index contributed by atoms with van der Waals surface area (Å²) in [4.78, 5) is 11.7. The van der Waals surface area contributed by atoms with Gasteiger partial charge in [-0.1, -0.05) is 19.9 Å². The van der Waals surface area contributed by atoms with Gasteiger partial charge in [0.2, 0.25) is 5.91 Å². The largest absolute Gasteiger partial charge is 0.325 e. The fourth-order valence-corrected chi connectivity index (χ4v) is 1.62. The van der Waals surface area contributed by atoms with E-state index in [4.69, 9.17) is 0 Å². The Morgan fingerprint density at radius 3 is 2.56 bits per heavy atom. The molecular formula is C15H24N2O. The molecule has 0 spiro atoms. The highest BCUT2D eigenvalue weighted by Gasteiger charge is 2.03. The molecule has 1 aromatic carbocycles. The maximum absolute atomic E-state index is 11.7. The van der Waals surface area contributed by atoms with Gasteiger partial charge in [0.25, 0.3) is 0 Å². The Labute approximate surface area is 110 Å². The number of nitrogens with one attached hydrogen (secondary N) is 2. The highest BCUT2D eigenvalue weighted by molar-refractivity contribution is 5.92.